The molecule has 0 bridgehead atoms. The van der Waals surface area contributed by atoms with Gasteiger partial charge >= 0.3 is 0 Å². The molecule has 0 N–H and O–H groups in total. The van der Waals surface area contributed by atoms with Crippen LogP contribution in [0.5, 0.6) is 5.75 Å². The van der Waals surface area contributed by atoms with E-state index in [1.807, 2.05) is 31.3 Å². The minimum atomic E-state index is -0.132. The van der Waals surface area contributed by atoms with Crippen molar-refractivity contribution in [1.82, 2.24) is 14.8 Å². The molecule has 0 aliphatic carbocycles. The largest absolute Gasteiger partial charge is 0.487 e. The van der Waals surface area contributed by atoms with Gasteiger partial charge in [-0.2, -0.15) is 5.10 Å². The van der Waals surface area contributed by atoms with Gasteiger partial charge in [-0.15, -0.1) is 5.10 Å². The molecular weight excluding hydrogens is 466 g/mol. The minimum Gasteiger partial charge on any atom is -0.487 e. The summed E-state index contributed by atoms with van der Waals surface area (Å²) in [7, 11) is 0. The Balaban J connectivity index is 1.28. The van der Waals surface area contributed by atoms with Crippen LogP contribution in [-0.2, 0) is 16.1 Å². The monoisotopic (exact) mass is 499 g/mol. The van der Waals surface area contributed by atoms with E-state index in [1.165, 1.54) is 5.56 Å². The summed E-state index contributed by atoms with van der Waals surface area (Å²) in [5.74, 6) is 0.331. The molecule has 1 aliphatic rings. The molecule has 1 aliphatic heterocycles. The van der Waals surface area contributed by atoms with E-state index in [4.69, 9.17) is 25.8 Å². The van der Waals surface area contributed by atoms with Gasteiger partial charge in [0.1, 0.15) is 0 Å². The van der Waals surface area contributed by atoms with Gasteiger partial charge in [-0.1, -0.05) is 61.2 Å². The highest BCUT2D eigenvalue weighted by Gasteiger charge is 2.23. The zero-order valence-electron chi connectivity index (χ0n) is 20.4. The van der Waals surface area contributed by atoms with Crippen molar-refractivity contribution in [3.05, 3.63) is 63.3 Å². The number of hydrogen-bond acceptors (Lipinski definition) is 6. The maximum Gasteiger partial charge on any atom is 0.293 e. The van der Waals surface area contributed by atoms with Crippen molar-refractivity contribution in [2.75, 3.05) is 26.4 Å². The summed E-state index contributed by atoms with van der Waals surface area (Å²) in [5, 5.41) is 9.81. The Hall–Kier alpha value is -2.48. The highest BCUT2D eigenvalue weighted by Crippen LogP contribution is 2.31. The number of aromatic nitrogens is 3. The zero-order chi connectivity index (χ0) is 24.5. The summed E-state index contributed by atoms with van der Waals surface area (Å²) in [6.45, 7) is 5.03. The Kier molecular flexibility index (Phi) is 9.51. The van der Waals surface area contributed by atoms with Gasteiger partial charge in [0.2, 0.25) is 0 Å². The van der Waals surface area contributed by atoms with Gasteiger partial charge in [-0.3, -0.25) is 4.79 Å². The number of aryl methyl sites for hydroxylation is 1. The number of ether oxygens (including phenoxy) is 3. The van der Waals surface area contributed by atoms with Crippen LogP contribution in [-0.4, -0.2) is 41.2 Å². The summed E-state index contributed by atoms with van der Waals surface area (Å²) in [6, 6.07) is 10.3. The number of unbranched alkanes of at least 4 members (excludes halogenated alkanes) is 4. The summed E-state index contributed by atoms with van der Waals surface area (Å²) in [6.07, 6.45) is 8.57. The highest BCUT2D eigenvalue weighted by atomic mass is 35.5. The highest BCUT2D eigenvalue weighted by molar-refractivity contribution is 6.34. The van der Waals surface area contributed by atoms with Crippen LogP contribution >= 0.6 is 11.6 Å². The fourth-order valence-corrected chi connectivity index (χ4v) is 4.67. The van der Waals surface area contributed by atoms with Gasteiger partial charge in [0.05, 0.1) is 24.3 Å². The molecule has 0 atom stereocenters. The van der Waals surface area contributed by atoms with Crippen LogP contribution in [0, 0.1) is 6.92 Å². The average molecular weight is 500 g/mol. The van der Waals surface area contributed by atoms with E-state index in [-0.39, 0.29) is 16.8 Å². The molecular formula is C27H34ClN3O4. The summed E-state index contributed by atoms with van der Waals surface area (Å²) < 4.78 is 19.1. The molecule has 3 aromatic rings. The van der Waals surface area contributed by atoms with Crippen LogP contribution in [0.4, 0.5) is 0 Å². The van der Waals surface area contributed by atoms with Crippen LogP contribution in [0.25, 0.3) is 10.8 Å². The average Bonchev–Trinajstić information content (AvgIpc) is 2.89. The standard InChI is InChI=1S/C27H34ClN3O4/c1-20-24-23(26(28)30-29-20)18-31(22-12-16-33-17-13-22)27(32)25(24)35-15-9-4-2-3-8-14-34-19-21-10-6-5-7-11-21/h5-7,10-11,18,22H,2-4,8-9,12-17,19H2,1H3. The van der Waals surface area contributed by atoms with E-state index in [0.29, 0.717) is 48.6 Å². The number of benzene rings is 1. The first-order valence-corrected chi connectivity index (χ1v) is 12.9. The van der Waals surface area contributed by atoms with Crippen LogP contribution in [0.15, 0.2) is 41.3 Å². The number of halogens is 1. The third-order valence-corrected chi connectivity index (χ3v) is 6.72. The molecule has 0 radical (unpaired) electrons. The molecule has 1 saturated heterocycles. The number of hydrogen-bond donors (Lipinski definition) is 0. The van der Waals surface area contributed by atoms with Crippen LogP contribution < -0.4 is 10.3 Å². The number of nitrogens with zero attached hydrogens (tertiary/aromatic N) is 3. The van der Waals surface area contributed by atoms with Crippen molar-refractivity contribution in [2.24, 2.45) is 0 Å². The topological polar surface area (TPSA) is 75.5 Å². The van der Waals surface area contributed by atoms with Crippen molar-refractivity contribution in [1.29, 1.82) is 0 Å². The minimum absolute atomic E-state index is 0.0663. The van der Waals surface area contributed by atoms with E-state index in [1.54, 1.807) is 4.57 Å². The van der Waals surface area contributed by atoms with Crippen molar-refractivity contribution in [3.63, 3.8) is 0 Å². The van der Waals surface area contributed by atoms with Gasteiger partial charge in [-0.05, 0) is 38.2 Å². The molecule has 1 aromatic carbocycles. The molecule has 0 amide bonds. The second-order valence-corrected chi connectivity index (χ2v) is 9.39. The molecule has 0 saturated carbocycles. The molecule has 0 unspecified atom stereocenters. The van der Waals surface area contributed by atoms with Gasteiger partial charge in [0.15, 0.2) is 10.9 Å². The van der Waals surface area contributed by atoms with Gasteiger partial charge in [0, 0.05) is 37.4 Å². The second-order valence-electron chi connectivity index (χ2n) is 9.03. The van der Waals surface area contributed by atoms with Crippen LogP contribution in [0.3, 0.4) is 0 Å². The lowest BCUT2D eigenvalue weighted by Crippen LogP contribution is -2.30. The Morgan fingerprint density at radius 2 is 1.74 bits per heavy atom. The SMILES string of the molecule is Cc1nnc(Cl)c2cn(C3CCOCC3)c(=O)c(OCCCCCCCOCc3ccccc3)c12. The summed E-state index contributed by atoms with van der Waals surface area (Å²) in [5.41, 5.74) is 1.72. The first-order valence-electron chi connectivity index (χ1n) is 12.5. The first kappa shape index (κ1) is 25.6. The number of fused-ring (bicyclic) bond motifs is 1. The van der Waals surface area contributed by atoms with E-state index in [2.05, 4.69) is 22.3 Å². The molecule has 188 valence electrons. The third-order valence-electron chi connectivity index (χ3n) is 6.44. The third kappa shape index (κ3) is 6.81. The van der Waals surface area contributed by atoms with Crippen LogP contribution in [0.2, 0.25) is 5.15 Å². The molecule has 8 heteroatoms. The quantitative estimate of drug-likeness (QED) is 0.300. The number of pyridine rings is 1. The second kappa shape index (κ2) is 13.0. The molecule has 7 nitrogen and oxygen atoms in total. The van der Waals surface area contributed by atoms with E-state index in [0.717, 1.165) is 51.6 Å². The fourth-order valence-electron chi connectivity index (χ4n) is 4.49. The Labute approximate surface area is 211 Å². The Bertz CT molecular complexity index is 1150. The van der Waals surface area contributed by atoms with E-state index in [9.17, 15) is 4.79 Å². The smallest absolute Gasteiger partial charge is 0.293 e. The molecule has 1 fully saturated rings. The van der Waals surface area contributed by atoms with Gasteiger partial charge in [0.25, 0.3) is 5.56 Å². The maximum absolute atomic E-state index is 13.4. The van der Waals surface area contributed by atoms with Crippen molar-refractivity contribution < 1.29 is 14.2 Å². The predicted molar refractivity (Wildman–Crippen MR) is 137 cm³/mol. The molecule has 4 rings (SSSR count). The van der Waals surface area contributed by atoms with E-state index < -0.39 is 0 Å². The first-order chi connectivity index (χ1) is 17.1. The lowest BCUT2D eigenvalue weighted by Gasteiger charge is -2.25. The Morgan fingerprint density at radius 3 is 2.51 bits per heavy atom. The Morgan fingerprint density at radius 1 is 1.03 bits per heavy atom. The molecule has 2 aromatic heterocycles. The van der Waals surface area contributed by atoms with E-state index >= 15 is 0 Å². The normalized spacial score (nSPS) is 14.5. The van der Waals surface area contributed by atoms with Crippen molar-refractivity contribution >= 4 is 22.4 Å². The number of rotatable bonds is 12. The van der Waals surface area contributed by atoms with Gasteiger partial charge in [-0.25, -0.2) is 0 Å². The predicted octanol–water partition coefficient (Wildman–Crippen LogP) is 5.65. The zero-order valence-corrected chi connectivity index (χ0v) is 21.1. The maximum atomic E-state index is 13.4. The summed E-state index contributed by atoms with van der Waals surface area (Å²) in [4.78, 5) is 13.4. The summed E-state index contributed by atoms with van der Waals surface area (Å²) >= 11 is 6.37. The fraction of sp³-hybridized carbons (Fsp3) is 0.519. The van der Waals surface area contributed by atoms with Crippen molar-refractivity contribution in [3.8, 4) is 5.75 Å². The lowest BCUT2D eigenvalue weighted by atomic mass is 10.1. The molecule has 3 heterocycles. The van der Waals surface area contributed by atoms with Crippen LogP contribution in [0.1, 0.15) is 62.2 Å². The lowest BCUT2D eigenvalue weighted by molar-refractivity contribution is 0.0685. The molecule has 35 heavy (non-hydrogen) atoms. The van der Waals surface area contributed by atoms with Gasteiger partial charge < -0.3 is 18.8 Å². The van der Waals surface area contributed by atoms with Crippen molar-refractivity contribution in [2.45, 2.75) is 64.5 Å². The molecule has 0 spiro atoms.